The number of nitrogens with zero attached hydrogens (tertiary/aromatic N) is 1. The van der Waals surface area contributed by atoms with E-state index in [1.54, 1.807) is 13.0 Å². The van der Waals surface area contributed by atoms with Crippen molar-refractivity contribution in [2.75, 3.05) is 0 Å². The molecular formula is C19H15F5N2O. The molecule has 2 atom stereocenters. The molecule has 8 heteroatoms. The van der Waals surface area contributed by atoms with Crippen LogP contribution in [0.3, 0.4) is 0 Å². The van der Waals surface area contributed by atoms with E-state index in [0.717, 1.165) is 24.3 Å². The molecule has 0 aromatic heterocycles. The topological polar surface area (TPSA) is 52.9 Å². The van der Waals surface area contributed by atoms with Crippen molar-refractivity contribution in [3.63, 3.8) is 0 Å². The van der Waals surface area contributed by atoms with Gasteiger partial charge in [0.15, 0.2) is 0 Å². The number of nitrogens with one attached hydrogen (secondary N) is 1. The van der Waals surface area contributed by atoms with Crippen LogP contribution in [0.15, 0.2) is 42.5 Å². The van der Waals surface area contributed by atoms with Crippen molar-refractivity contribution >= 4 is 5.91 Å². The van der Waals surface area contributed by atoms with Crippen LogP contribution in [0.5, 0.6) is 0 Å². The average molecular weight is 382 g/mol. The van der Waals surface area contributed by atoms with Gasteiger partial charge in [0, 0.05) is 18.1 Å². The van der Waals surface area contributed by atoms with Crippen molar-refractivity contribution in [2.45, 2.75) is 31.5 Å². The third-order valence-corrected chi connectivity index (χ3v) is 4.01. The molecule has 2 unspecified atom stereocenters. The Morgan fingerprint density at radius 3 is 2.30 bits per heavy atom. The lowest BCUT2D eigenvalue weighted by molar-refractivity contribution is -0.137. The lowest BCUT2D eigenvalue weighted by Crippen LogP contribution is -2.29. The summed E-state index contributed by atoms with van der Waals surface area (Å²) < 4.78 is 64.5. The predicted molar refractivity (Wildman–Crippen MR) is 87.3 cm³/mol. The van der Waals surface area contributed by atoms with Gasteiger partial charge in [-0.1, -0.05) is 25.1 Å². The fourth-order valence-corrected chi connectivity index (χ4v) is 2.53. The zero-order chi connectivity index (χ0) is 20.2. The molecule has 0 heterocycles. The number of carbonyl (C=O) groups excluding carboxylic acids is 1. The van der Waals surface area contributed by atoms with Crippen LogP contribution in [0.25, 0.3) is 0 Å². The molecule has 2 aromatic rings. The van der Waals surface area contributed by atoms with E-state index in [9.17, 15) is 26.7 Å². The molecular weight excluding hydrogens is 367 g/mol. The molecule has 0 saturated carbocycles. The van der Waals surface area contributed by atoms with Gasteiger partial charge < -0.3 is 5.32 Å². The maximum absolute atomic E-state index is 13.8. The molecule has 0 fully saturated rings. The highest BCUT2D eigenvalue weighted by molar-refractivity contribution is 5.77. The largest absolute Gasteiger partial charge is 0.416 e. The Balaban J connectivity index is 2.04. The van der Waals surface area contributed by atoms with Crippen molar-refractivity contribution in [3.05, 3.63) is 70.8 Å². The van der Waals surface area contributed by atoms with Gasteiger partial charge in [0.1, 0.15) is 17.7 Å². The van der Waals surface area contributed by atoms with E-state index in [4.69, 9.17) is 5.26 Å². The van der Waals surface area contributed by atoms with E-state index in [-0.39, 0.29) is 12.0 Å². The molecule has 0 aliphatic heterocycles. The number of rotatable bonds is 5. The van der Waals surface area contributed by atoms with Crippen LogP contribution in [0.1, 0.15) is 42.0 Å². The second-order valence-corrected chi connectivity index (χ2v) is 6.02. The predicted octanol–water partition coefficient (Wildman–Crippen LogP) is 4.86. The van der Waals surface area contributed by atoms with E-state index < -0.39 is 41.2 Å². The van der Waals surface area contributed by atoms with Crippen molar-refractivity contribution in [2.24, 2.45) is 0 Å². The van der Waals surface area contributed by atoms with Crippen molar-refractivity contribution in [3.8, 4) is 6.07 Å². The quantitative estimate of drug-likeness (QED) is 0.751. The van der Waals surface area contributed by atoms with Crippen LogP contribution < -0.4 is 5.32 Å². The number of hydrogen-bond donors (Lipinski definition) is 1. The summed E-state index contributed by atoms with van der Waals surface area (Å²) in [4.78, 5) is 12.1. The Bertz CT molecular complexity index is 856. The molecule has 3 nitrogen and oxygen atoms in total. The second kappa shape index (κ2) is 8.16. The Morgan fingerprint density at radius 2 is 1.78 bits per heavy atom. The number of benzene rings is 2. The summed E-state index contributed by atoms with van der Waals surface area (Å²) in [7, 11) is 0. The molecule has 0 radical (unpaired) electrons. The van der Waals surface area contributed by atoms with E-state index in [2.05, 4.69) is 5.32 Å². The highest BCUT2D eigenvalue weighted by Crippen LogP contribution is 2.30. The molecule has 0 aliphatic rings. The fourth-order valence-electron chi connectivity index (χ4n) is 2.53. The van der Waals surface area contributed by atoms with Gasteiger partial charge in [-0.05, 0) is 29.7 Å². The van der Waals surface area contributed by atoms with Crippen molar-refractivity contribution in [1.82, 2.24) is 5.32 Å². The highest BCUT2D eigenvalue weighted by atomic mass is 19.4. The molecule has 27 heavy (non-hydrogen) atoms. The molecule has 0 bridgehead atoms. The van der Waals surface area contributed by atoms with Gasteiger partial charge in [-0.3, -0.25) is 4.79 Å². The summed E-state index contributed by atoms with van der Waals surface area (Å²) in [6.07, 6.45) is -4.56. The van der Waals surface area contributed by atoms with Gasteiger partial charge in [0.05, 0.1) is 11.6 Å². The van der Waals surface area contributed by atoms with Gasteiger partial charge in [-0.2, -0.15) is 18.4 Å². The number of amides is 1. The highest BCUT2D eigenvalue weighted by Gasteiger charge is 2.30. The standard InChI is InChI=1S/C19H15F5N2O/c1-11(12-2-4-13(5-3-12)19(22,23)24)8-18(27)26-17(10-25)15-7-6-14(20)9-16(15)21/h2-7,9,11,17H,8H2,1H3,(H,26,27). The third-order valence-electron chi connectivity index (χ3n) is 4.01. The zero-order valence-corrected chi connectivity index (χ0v) is 14.1. The molecule has 1 amide bonds. The lowest BCUT2D eigenvalue weighted by atomic mass is 9.96. The molecule has 2 rings (SSSR count). The van der Waals surface area contributed by atoms with Crippen LogP contribution in [-0.2, 0) is 11.0 Å². The first kappa shape index (κ1) is 20.4. The summed E-state index contributed by atoms with van der Waals surface area (Å²) in [5, 5.41) is 11.5. The summed E-state index contributed by atoms with van der Waals surface area (Å²) in [6, 6.07) is 7.48. The van der Waals surface area contributed by atoms with Gasteiger partial charge in [0.2, 0.25) is 5.91 Å². The van der Waals surface area contributed by atoms with Gasteiger partial charge in [0.25, 0.3) is 0 Å². The minimum absolute atomic E-state index is 0.119. The summed E-state index contributed by atoms with van der Waals surface area (Å²) in [6.45, 7) is 1.64. The first-order chi connectivity index (χ1) is 12.6. The molecule has 0 saturated heterocycles. The summed E-state index contributed by atoms with van der Waals surface area (Å²) in [5.74, 6) is -2.78. The maximum Gasteiger partial charge on any atom is 0.416 e. The monoisotopic (exact) mass is 382 g/mol. The van der Waals surface area contributed by atoms with Crippen LogP contribution in [0.4, 0.5) is 22.0 Å². The Kier molecular flexibility index (Phi) is 6.16. The summed E-state index contributed by atoms with van der Waals surface area (Å²) in [5.41, 5.74) is -0.451. The van der Waals surface area contributed by atoms with E-state index in [0.29, 0.717) is 11.6 Å². The minimum Gasteiger partial charge on any atom is -0.337 e. The number of nitriles is 1. The van der Waals surface area contributed by atoms with Crippen LogP contribution in [0.2, 0.25) is 0 Å². The minimum atomic E-state index is -4.45. The van der Waals surface area contributed by atoms with Gasteiger partial charge in [-0.15, -0.1) is 0 Å². The van der Waals surface area contributed by atoms with Crippen LogP contribution in [0, 0.1) is 23.0 Å². The zero-order valence-electron chi connectivity index (χ0n) is 14.1. The number of halogens is 5. The number of carbonyl (C=O) groups is 1. The molecule has 0 spiro atoms. The second-order valence-electron chi connectivity index (χ2n) is 6.02. The Labute approximate surface area is 152 Å². The third kappa shape index (κ3) is 5.26. The normalized spacial score (nSPS) is 13.5. The fraction of sp³-hybridized carbons (Fsp3) is 0.263. The SMILES string of the molecule is CC(CC(=O)NC(C#N)c1ccc(F)cc1F)c1ccc(C(F)(F)F)cc1. The number of hydrogen-bond acceptors (Lipinski definition) is 2. The van der Waals surface area contributed by atoms with Crippen LogP contribution >= 0.6 is 0 Å². The lowest BCUT2D eigenvalue weighted by Gasteiger charge is -2.16. The number of alkyl halides is 3. The summed E-state index contributed by atoms with van der Waals surface area (Å²) >= 11 is 0. The first-order valence-corrected chi connectivity index (χ1v) is 7.93. The van der Waals surface area contributed by atoms with Gasteiger partial charge >= 0.3 is 6.18 Å². The average Bonchev–Trinajstić information content (AvgIpc) is 2.59. The van der Waals surface area contributed by atoms with Crippen molar-refractivity contribution in [1.29, 1.82) is 5.26 Å². The van der Waals surface area contributed by atoms with Crippen molar-refractivity contribution < 1.29 is 26.7 Å². The first-order valence-electron chi connectivity index (χ1n) is 7.93. The molecule has 2 aromatic carbocycles. The maximum atomic E-state index is 13.8. The van der Waals surface area contributed by atoms with E-state index in [1.165, 1.54) is 12.1 Å². The van der Waals surface area contributed by atoms with Crippen LogP contribution in [-0.4, -0.2) is 5.91 Å². The van der Waals surface area contributed by atoms with E-state index in [1.807, 2.05) is 0 Å². The Morgan fingerprint density at radius 1 is 1.15 bits per heavy atom. The smallest absolute Gasteiger partial charge is 0.337 e. The van der Waals surface area contributed by atoms with E-state index >= 15 is 0 Å². The van der Waals surface area contributed by atoms with Gasteiger partial charge in [-0.25, -0.2) is 8.78 Å². The molecule has 0 aliphatic carbocycles. The Hall–Kier alpha value is -2.95. The molecule has 142 valence electrons. The molecule has 1 N–H and O–H groups in total.